The summed E-state index contributed by atoms with van der Waals surface area (Å²) >= 11 is 0. The molecule has 0 bridgehead atoms. The Hall–Kier alpha value is -2.72. The molecule has 10 heteroatoms. The quantitative estimate of drug-likeness (QED) is 0.0772. The zero-order valence-corrected chi connectivity index (χ0v) is 28.5. The van der Waals surface area contributed by atoms with Crippen molar-refractivity contribution < 1.29 is 37.9 Å². The number of unbranched alkanes of at least 4 members (excludes halogenated alkanes) is 14. The van der Waals surface area contributed by atoms with E-state index in [-0.39, 0.29) is 38.9 Å². The van der Waals surface area contributed by atoms with Gasteiger partial charge in [-0.05, 0) is 13.3 Å². The fraction of sp³-hybridized carbons (Fsp3) is 0.771. The van der Waals surface area contributed by atoms with Gasteiger partial charge < -0.3 is 24.3 Å². The zero-order valence-electron chi connectivity index (χ0n) is 28.5. The van der Waals surface area contributed by atoms with Crippen LogP contribution < -0.4 is 9.88 Å². The Bertz CT molecular complexity index is 900. The third-order valence-corrected chi connectivity index (χ3v) is 7.63. The molecule has 0 radical (unpaired) electrons. The number of hydrogen-bond donors (Lipinski definition) is 1. The first-order valence-electron chi connectivity index (χ1n) is 17.5. The lowest BCUT2D eigenvalue weighted by atomic mass is 10.0. The van der Waals surface area contributed by atoms with Gasteiger partial charge in [0.15, 0.2) is 6.20 Å². The second-order valence-corrected chi connectivity index (χ2v) is 11.4. The van der Waals surface area contributed by atoms with Crippen LogP contribution in [0.2, 0.25) is 0 Å². The summed E-state index contributed by atoms with van der Waals surface area (Å²) in [5, 5.41) is 2.79. The molecule has 0 saturated heterocycles. The van der Waals surface area contributed by atoms with Crippen LogP contribution in [0, 0.1) is 0 Å². The predicted octanol–water partition coefficient (Wildman–Crippen LogP) is 7.11. The van der Waals surface area contributed by atoms with Crippen molar-refractivity contribution in [3.8, 4) is 0 Å². The number of imide groups is 1. The topological polar surface area (TPSA) is 107 Å². The van der Waals surface area contributed by atoms with E-state index in [4.69, 9.17) is 18.9 Å². The van der Waals surface area contributed by atoms with Crippen LogP contribution in [0.4, 0.5) is 9.59 Å². The summed E-state index contributed by atoms with van der Waals surface area (Å²) in [5.74, 6) is -0.387. The standard InChI is InChI=1S/C35H61N3O7/c1-4-6-7-8-9-10-11-12-13-14-15-16-17-18-20-23-36-34(40)44-29-27-42-25-26-43-28-30-45-35(41)38(32(3)39)31-33-22-19-21-24-37(33)5-2/h19,21-22,24H,4-18,20,23,25-31H2,1-3H3/p+1. The third kappa shape index (κ3) is 22.4. The highest BCUT2D eigenvalue weighted by Crippen LogP contribution is 2.13. The van der Waals surface area contributed by atoms with Crippen molar-refractivity contribution in [3.05, 3.63) is 30.1 Å². The number of nitrogens with zero attached hydrogens (tertiary/aromatic N) is 2. The molecular formula is C35H62N3O7+. The van der Waals surface area contributed by atoms with E-state index in [1.54, 1.807) is 0 Å². The van der Waals surface area contributed by atoms with Gasteiger partial charge in [-0.15, -0.1) is 0 Å². The van der Waals surface area contributed by atoms with E-state index >= 15 is 0 Å². The number of pyridine rings is 1. The van der Waals surface area contributed by atoms with Gasteiger partial charge in [0, 0.05) is 25.6 Å². The highest BCUT2D eigenvalue weighted by Gasteiger charge is 2.23. The molecule has 0 aliphatic heterocycles. The molecule has 1 N–H and O–H groups in total. The number of aryl methyl sites for hydroxylation is 1. The fourth-order valence-electron chi connectivity index (χ4n) is 4.95. The van der Waals surface area contributed by atoms with Gasteiger partial charge in [0.25, 0.3) is 0 Å². The van der Waals surface area contributed by atoms with E-state index in [0.717, 1.165) is 30.0 Å². The van der Waals surface area contributed by atoms with Crippen molar-refractivity contribution in [1.82, 2.24) is 10.2 Å². The molecule has 0 fully saturated rings. The molecule has 0 spiro atoms. The molecule has 45 heavy (non-hydrogen) atoms. The summed E-state index contributed by atoms with van der Waals surface area (Å²) < 4.78 is 23.1. The van der Waals surface area contributed by atoms with Crippen molar-refractivity contribution >= 4 is 18.1 Å². The zero-order chi connectivity index (χ0) is 32.8. The van der Waals surface area contributed by atoms with Gasteiger partial charge in [-0.2, -0.15) is 0 Å². The summed E-state index contributed by atoms with van der Waals surface area (Å²) in [4.78, 5) is 37.3. The Labute approximate surface area is 272 Å². The number of carbonyl (C=O) groups excluding carboxylic acids is 3. The van der Waals surface area contributed by atoms with Crippen LogP contribution >= 0.6 is 0 Å². The van der Waals surface area contributed by atoms with Crippen LogP contribution in [0.5, 0.6) is 0 Å². The van der Waals surface area contributed by atoms with Gasteiger partial charge in [0.1, 0.15) is 26.3 Å². The van der Waals surface area contributed by atoms with Crippen LogP contribution in [0.25, 0.3) is 0 Å². The summed E-state index contributed by atoms with van der Waals surface area (Å²) in [6.07, 6.45) is 20.5. The van der Waals surface area contributed by atoms with E-state index < -0.39 is 12.2 Å². The van der Waals surface area contributed by atoms with Crippen molar-refractivity contribution in [1.29, 1.82) is 0 Å². The third-order valence-electron chi connectivity index (χ3n) is 7.63. The van der Waals surface area contributed by atoms with Crippen LogP contribution in [0.15, 0.2) is 24.4 Å². The molecule has 0 saturated carbocycles. The summed E-state index contributed by atoms with van der Waals surface area (Å²) in [6, 6.07) is 5.64. The molecule has 1 rings (SSSR count). The first-order chi connectivity index (χ1) is 22.0. The first kappa shape index (κ1) is 40.3. The van der Waals surface area contributed by atoms with Gasteiger partial charge in [-0.1, -0.05) is 103 Å². The number of aromatic nitrogens is 1. The second kappa shape index (κ2) is 28.7. The molecule has 1 heterocycles. The van der Waals surface area contributed by atoms with E-state index in [9.17, 15) is 14.4 Å². The lowest BCUT2D eigenvalue weighted by Crippen LogP contribution is -2.43. The Morgan fingerprint density at radius 1 is 0.689 bits per heavy atom. The Morgan fingerprint density at radius 3 is 1.73 bits per heavy atom. The van der Waals surface area contributed by atoms with E-state index in [1.165, 1.54) is 90.4 Å². The van der Waals surface area contributed by atoms with Crippen LogP contribution in [0.1, 0.15) is 123 Å². The Balaban J connectivity index is 1.89. The highest BCUT2D eigenvalue weighted by molar-refractivity contribution is 5.90. The second-order valence-electron chi connectivity index (χ2n) is 11.4. The fourth-order valence-corrected chi connectivity index (χ4v) is 4.95. The molecular weight excluding hydrogens is 574 g/mol. The van der Waals surface area contributed by atoms with Crippen molar-refractivity contribution in [3.63, 3.8) is 0 Å². The van der Waals surface area contributed by atoms with Crippen LogP contribution in [-0.4, -0.2) is 69.2 Å². The minimum atomic E-state index is -0.705. The monoisotopic (exact) mass is 636 g/mol. The molecule has 0 atom stereocenters. The van der Waals surface area contributed by atoms with Gasteiger partial charge in [-0.25, -0.2) is 19.1 Å². The Morgan fingerprint density at radius 2 is 1.20 bits per heavy atom. The predicted molar refractivity (Wildman–Crippen MR) is 176 cm³/mol. The number of hydrogen-bond acceptors (Lipinski definition) is 7. The van der Waals surface area contributed by atoms with E-state index in [0.29, 0.717) is 19.8 Å². The number of amides is 3. The maximum atomic E-state index is 12.4. The average molecular weight is 637 g/mol. The van der Waals surface area contributed by atoms with Crippen LogP contribution in [-0.2, 0) is 36.8 Å². The maximum Gasteiger partial charge on any atom is 0.417 e. The summed E-state index contributed by atoms with van der Waals surface area (Å²) in [5.41, 5.74) is 0.835. The van der Waals surface area contributed by atoms with Gasteiger partial charge in [0.2, 0.25) is 11.6 Å². The highest BCUT2D eigenvalue weighted by atomic mass is 16.6. The molecule has 1 aromatic rings. The van der Waals surface area contributed by atoms with Gasteiger partial charge in [-0.3, -0.25) is 4.79 Å². The number of carbonyl (C=O) groups is 3. The number of rotatable bonds is 28. The molecule has 10 nitrogen and oxygen atoms in total. The van der Waals surface area contributed by atoms with Crippen molar-refractivity contribution in [2.24, 2.45) is 0 Å². The van der Waals surface area contributed by atoms with E-state index in [2.05, 4.69) is 12.2 Å². The molecule has 0 aromatic carbocycles. The molecule has 1 aromatic heterocycles. The molecule has 0 unspecified atom stereocenters. The molecule has 258 valence electrons. The van der Waals surface area contributed by atoms with Gasteiger partial charge >= 0.3 is 12.2 Å². The molecule has 0 aliphatic rings. The largest absolute Gasteiger partial charge is 0.447 e. The minimum absolute atomic E-state index is 0.0216. The summed E-state index contributed by atoms with van der Waals surface area (Å²) in [7, 11) is 0. The molecule has 0 aliphatic carbocycles. The lowest BCUT2D eigenvalue weighted by Gasteiger charge is -2.17. The number of ether oxygens (including phenoxy) is 4. The van der Waals surface area contributed by atoms with Crippen LogP contribution in [0.3, 0.4) is 0 Å². The SMILES string of the molecule is CCCCCCCCCCCCCCCCCNC(=O)OCCOCCOCCOC(=O)N(Cc1cccc[n+]1CC)C(C)=O. The average Bonchev–Trinajstić information content (AvgIpc) is 3.04. The lowest BCUT2D eigenvalue weighted by molar-refractivity contribution is -0.701. The Kier molecular flexibility index (Phi) is 25.7. The number of alkyl carbamates (subject to hydrolysis) is 1. The van der Waals surface area contributed by atoms with Gasteiger partial charge in [0.05, 0.1) is 26.4 Å². The minimum Gasteiger partial charge on any atom is -0.447 e. The maximum absolute atomic E-state index is 12.4. The normalized spacial score (nSPS) is 10.9. The number of nitrogens with one attached hydrogen (secondary N) is 1. The smallest absolute Gasteiger partial charge is 0.417 e. The van der Waals surface area contributed by atoms with Crippen molar-refractivity contribution in [2.45, 2.75) is 130 Å². The van der Waals surface area contributed by atoms with E-state index in [1.807, 2.05) is 35.9 Å². The van der Waals surface area contributed by atoms with Crippen molar-refractivity contribution in [2.75, 3.05) is 46.2 Å². The summed E-state index contributed by atoms with van der Waals surface area (Å²) in [6.45, 7) is 8.36. The first-order valence-corrected chi connectivity index (χ1v) is 17.5. The molecule has 3 amide bonds.